The average Bonchev–Trinajstić information content (AvgIpc) is 2.10. The number of nitrogens with one attached hydrogen (secondary N) is 1. The van der Waals surface area contributed by atoms with E-state index in [1.807, 2.05) is 34.6 Å². The monoisotopic (exact) mass is 217 g/mol. The fourth-order valence-electron chi connectivity index (χ4n) is 1.11. The summed E-state index contributed by atoms with van der Waals surface area (Å²) in [6.45, 7) is 9.37. The zero-order valence-corrected chi connectivity index (χ0v) is 10.3. The van der Waals surface area contributed by atoms with E-state index >= 15 is 0 Å². The molecule has 0 heterocycles. The molecule has 0 aliphatic carbocycles. The SMILES string of the molecule is CCC(C)[C@@H](CO)NC(=O)OC(C)(C)C. The summed E-state index contributed by atoms with van der Waals surface area (Å²) < 4.78 is 5.10. The molecule has 0 aromatic heterocycles. The van der Waals surface area contributed by atoms with E-state index in [-0.39, 0.29) is 18.6 Å². The third kappa shape index (κ3) is 6.33. The van der Waals surface area contributed by atoms with Gasteiger partial charge in [0.2, 0.25) is 0 Å². The van der Waals surface area contributed by atoms with Crippen LogP contribution in [0.15, 0.2) is 0 Å². The average molecular weight is 217 g/mol. The maximum Gasteiger partial charge on any atom is 0.407 e. The number of carbonyl (C=O) groups is 1. The highest BCUT2D eigenvalue weighted by Gasteiger charge is 2.21. The molecule has 4 nitrogen and oxygen atoms in total. The molecule has 4 heteroatoms. The van der Waals surface area contributed by atoms with Crippen LogP contribution in [-0.4, -0.2) is 29.4 Å². The van der Waals surface area contributed by atoms with Gasteiger partial charge in [-0.1, -0.05) is 20.3 Å². The van der Waals surface area contributed by atoms with Gasteiger partial charge in [0.25, 0.3) is 0 Å². The predicted octanol–water partition coefficient (Wildman–Crippen LogP) is 1.92. The number of amides is 1. The number of aliphatic hydroxyl groups excluding tert-OH is 1. The van der Waals surface area contributed by atoms with E-state index in [1.54, 1.807) is 0 Å². The molecule has 2 N–H and O–H groups in total. The van der Waals surface area contributed by atoms with Gasteiger partial charge in [-0.15, -0.1) is 0 Å². The van der Waals surface area contributed by atoms with Crippen LogP contribution < -0.4 is 5.32 Å². The lowest BCUT2D eigenvalue weighted by molar-refractivity contribution is 0.0457. The molecular formula is C11H23NO3. The zero-order valence-electron chi connectivity index (χ0n) is 10.3. The highest BCUT2D eigenvalue weighted by atomic mass is 16.6. The van der Waals surface area contributed by atoms with Gasteiger partial charge < -0.3 is 15.2 Å². The van der Waals surface area contributed by atoms with Crippen LogP contribution in [0.3, 0.4) is 0 Å². The summed E-state index contributed by atoms with van der Waals surface area (Å²) in [6, 6.07) is -0.232. The Kier molecular flexibility index (Phi) is 5.65. The second-order valence-corrected chi connectivity index (χ2v) is 4.82. The van der Waals surface area contributed by atoms with Crippen LogP contribution in [0.5, 0.6) is 0 Å². The van der Waals surface area contributed by atoms with E-state index in [2.05, 4.69) is 5.32 Å². The van der Waals surface area contributed by atoms with Crippen molar-refractivity contribution in [3.05, 3.63) is 0 Å². The molecule has 0 saturated heterocycles. The Bertz CT molecular complexity index is 198. The Morgan fingerprint density at radius 1 is 1.47 bits per heavy atom. The third-order valence-corrected chi connectivity index (χ3v) is 2.23. The lowest BCUT2D eigenvalue weighted by Gasteiger charge is -2.25. The molecule has 0 rings (SSSR count). The van der Waals surface area contributed by atoms with Gasteiger partial charge in [-0.25, -0.2) is 4.79 Å². The molecule has 0 aromatic rings. The lowest BCUT2D eigenvalue weighted by atomic mass is 10.0. The number of alkyl carbamates (subject to hydrolysis) is 1. The molecule has 1 unspecified atom stereocenters. The second kappa shape index (κ2) is 5.95. The minimum absolute atomic E-state index is 0.0613. The highest BCUT2D eigenvalue weighted by molar-refractivity contribution is 5.68. The Labute approximate surface area is 92.0 Å². The number of hydrogen-bond donors (Lipinski definition) is 2. The first kappa shape index (κ1) is 14.2. The van der Waals surface area contributed by atoms with E-state index < -0.39 is 11.7 Å². The van der Waals surface area contributed by atoms with Gasteiger partial charge in [0, 0.05) is 0 Å². The van der Waals surface area contributed by atoms with Crippen LogP contribution in [0.1, 0.15) is 41.0 Å². The first-order valence-corrected chi connectivity index (χ1v) is 5.40. The van der Waals surface area contributed by atoms with Crippen molar-refractivity contribution in [1.29, 1.82) is 0 Å². The molecule has 0 aliphatic rings. The maximum absolute atomic E-state index is 11.4. The highest BCUT2D eigenvalue weighted by Crippen LogP contribution is 2.10. The summed E-state index contributed by atoms with van der Waals surface area (Å²) in [5, 5.41) is 11.8. The second-order valence-electron chi connectivity index (χ2n) is 4.82. The first-order chi connectivity index (χ1) is 6.80. The van der Waals surface area contributed by atoms with Gasteiger partial charge in [0.05, 0.1) is 12.6 Å². The predicted molar refractivity (Wildman–Crippen MR) is 59.7 cm³/mol. The van der Waals surface area contributed by atoms with Crippen LogP contribution in [-0.2, 0) is 4.74 Å². The van der Waals surface area contributed by atoms with E-state index in [9.17, 15) is 4.79 Å². The van der Waals surface area contributed by atoms with Gasteiger partial charge in [-0.3, -0.25) is 0 Å². The van der Waals surface area contributed by atoms with Gasteiger partial charge in [0.1, 0.15) is 5.60 Å². The van der Waals surface area contributed by atoms with Crippen molar-refractivity contribution in [3.8, 4) is 0 Å². The van der Waals surface area contributed by atoms with Gasteiger partial charge in [-0.05, 0) is 26.7 Å². The quantitative estimate of drug-likeness (QED) is 0.756. The number of aliphatic hydroxyl groups is 1. The Hall–Kier alpha value is -0.770. The van der Waals surface area contributed by atoms with Crippen LogP contribution in [0.25, 0.3) is 0 Å². The third-order valence-electron chi connectivity index (χ3n) is 2.23. The smallest absolute Gasteiger partial charge is 0.407 e. The molecule has 0 saturated carbocycles. The molecule has 0 spiro atoms. The van der Waals surface area contributed by atoms with Gasteiger partial charge in [0.15, 0.2) is 0 Å². The standard InChI is InChI=1S/C11H23NO3/c1-6-8(2)9(7-13)12-10(14)15-11(3,4)5/h8-9,13H,6-7H2,1-5H3,(H,12,14)/t8?,9-/m1/s1. The fraction of sp³-hybridized carbons (Fsp3) is 0.909. The largest absolute Gasteiger partial charge is 0.444 e. The van der Waals surface area contributed by atoms with Crippen molar-refractivity contribution in [1.82, 2.24) is 5.32 Å². The summed E-state index contributed by atoms with van der Waals surface area (Å²) in [5.74, 6) is 0.238. The van der Waals surface area contributed by atoms with E-state index in [4.69, 9.17) is 9.84 Å². The minimum atomic E-state index is -0.500. The lowest BCUT2D eigenvalue weighted by Crippen LogP contribution is -2.44. The molecule has 0 aliphatic heterocycles. The van der Waals surface area contributed by atoms with E-state index in [0.29, 0.717) is 0 Å². The Morgan fingerprint density at radius 2 is 2.00 bits per heavy atom. The number of ether oxygens (including phenoxy) is 1. The number of rotatable bonds is 4. The van der Waals surface area contributed by atoms with E-state index in [1.165, 1.54) is 0 Å². The summed E-state index contributed by atoms with van der Waals surface area (Å²) in [4.78, 5) is 11.4. The van der Waals surface area contributed by atoms with Crippen LogP contribution in [0, 0.1) is 5.92 Å². The normalized spacial score (nSPS) is 15.6. The first-order valence-electron chi connectivity index (χ1n) is 5.40. The molecule has 0 bridgehead atoms. The summed E-state index contributed by atoms with van der Waals surface area (Å²) in [6.07, 6.45) is 0.433. The van der Waals surface area contributed by atoms with Gasteiger partial charge in [-0.2, -0.15) is 0 Å². The summed E-state index contributed by atoms with van der Waals surface area (Å²) >= 11 is 0. The fourth-order valence-corrected chi connectivity index (χ4v) is 1.11. The molecule has 0 radical (unpaired) electrons. The van der Waals surface area contributed by atoms with Crippen molar-refractivity contribution < 1.29 is 14.6 Å². The van der Waals surface area contributed by atoms with Crippen LogP contribution in [0.2, 0.25) is 0 Å². The van der Waals surface area contributed by atoms with Crippen molar-refractivity contribution in [2.24, 2.45) is 5.92 Å². The molecule has 0 aromatic carbocycles. The molecule has 1 amide bonds. The van der Waals surface area contributed by atoms with Gasteiger partial charge >= 0.3 is 6.09 Å². The van der Waals surface area contributed by atoms with Crippen LogP contribution >= 0.6 is 0 Å². The molecule has 90 valence electrons. The Balaban J connectivity index is 4.13. The topological polar surface area (TPSA) is 58.6 Å². The van der Waals surface area contributed by atoms with Crippen molar-refractivity contribution >= 4 is 6.09 Å². The minimum Gasteiger partial charge on any atom is -0.444 e. The van der Waals surface area contributed by atoms with Crippen molar-refractivity contribution in [2.45, 2.75) is 52.7 Å². The molecular weight excluding hydrogens is 194 g/mol. The molecule has 0 fully saturated rings. The summed E-state index contributed by atoms with van der Waals surface area (Å²) in [5.41, 5.74) is -0.500. The zero-order chi connectivity index (χ0) is 12.1. The number of carbonyl (C=O) groups excluding carboxylic acids is 1. The van der Waals surface area contributed by atoms with E-state index in [0.717, 1.165) is 6.42 Å². The summed E-state index contributed by atoms with van der Waals surface area (Å²) in [7, 11) is 0. The molecule has 2 atom stereocenters. The van der Waals surface area contributed by atoms with Crippen LogP contribution in [0.4, 0.5) is 4.79 Å². The van der Waals surface area contributed by atoms with Crippen molar-refractivity contribution in [2.75, 3.05) is 6.61 Å². The van der Waals surface area contributed by atoms with Crippen molar-refractivity contribution in [3.63, 3.8) is 0 Å². The number of hydrogen-bond acceptors (Lipinski definition) is 3. The maximum atomic E-state index is 11.4. The Morgan fingerprint density at radius 3 is 2.33 bits per heavy atom. The molecule has 15 heavy (non-hydrogen) atoms.